The van der Waals surface area contributed by atoms with Crippen molar-refractivity contribution in [3.05, 3.63) is 53.6 Å². The second-order valence-electron chi connectivity index (χ2n) is 8.11. The molecule has 1 saturated heterocycles. The Hall–Kier alpha value is -3.55. The number of carbonyl (C=O) groups excluding carboxylic acids is 3. The van der Waals surface area contributed by atoms with Gasteiger partial charge in [-0.2, -0.15) is 0 Å². The van der Waals surface area contributed by atoms with Gasteiger partial charge in [-0.15, -0.1) is 0 Å². The van der Waals surface area contributed by atoms with Crippen LogP contribution in [0.4, 0.5) is 5.69 Å². The van der Waals surface area contributed by atoms with Gasteiger partial charge in [0, 0.05) is 25.2 Å². The predicted molar refractivity (Wildman–Crippen MR) is 121 cm³/mol. The van der Waals surface area contributed by atoms with Crippen LogP contribution in [0.15, 0.2) is 42.5 Å². The molecule has 8 nitrogen and oxygen atoms in total. The van der Waals surface area contributed by atoms with Gasteiger partial charge in [0.25, 0.3) is 5.91 Å². The quantitative estimate of drug-likeness (QED) is 0.623. The van der Waals surface area contributed by atoms with Crippen LogP contribution in [0.3, 0.4) is 0 Å². The summed E-state index contributed by atoms with van der Waals surface area (Å²) in [5, 5.41) is 2.90. The standard InChI is InChI=1S/C24H29N3O5/c1-15(2)17-5-4-6-19(10-17)27-13-18(11-23(27)29)24(30)26-12-16-7-8-20(21(9-16)31-3)32-14-22(25)28/h4-10,15,18H,11-14H2,1-3H3,(H2,25,28)(H,26,30). The largest absolute Gasteiger partial charge is 0.493 e. The van der Waals surface area contributed by atoms with Crippen LogP contribution in [0.1, 0.15) is 37.3 Å². The van der Waals surface area contributed by atoms with Crippen LogP contribution in [0, 0.1) is 5.92 Å². The molecule has 3 rings (SSSR count). The monoisotopic (exact) mass is 439 g/mol. The third-order valence-electron chi connectivity index (χ3n) is 5.41. The first-order chi connectivity index (χ1) is 15.3. The van der Waals surface area contributed by atoms with Gasteiger partial charge in [0.15, 0.2) is 18.1 Å². The number of primary amides is 1. The molecule has 1 aliphatic heterocycles. The summed E-state index contributed by atoms with van der Waals surface area (Å²) in [5.41, 5.74) is 7.88. The second-order valence-corrected chi connectivity index (χ2v) is 8.11. The number of carbonyl (C=O) groups is 3. The Morgan fingerprint density at radius 3 is 2.66 bits per heavy atom. The lowest BCUT2D eigenvalue weighted by atomic mass is 10.0. The van der Waals surface area contributed by atoms with Gasteiger partial charge in [-0.05, 0) is 41.3 Å². The Kier molecular flexibility index (Phi) is 7.35. The molecule has 0 spiro atoms. The fourth-order valence-electron chi connectivity index (χ4n) is 3.61. The van der Waals surface area contributed by atoms with E-state index in [1.54, 1.807) is 23.1 Å². The second kappa shape index (κ2) is 10.2. The zero-order valence-corrected chi connectivity index (χ0v) is 18.6. The van der Waals surface area contributed by atoms with Crippen molar-refractivity contribution in [2.75, 3.05) is 25.2 Å². The summed E-state index contributed by atoms with van der Waals surface area (Å²) in [7, 11) is 1.49. The van der Waals surface area contributed by atoms with Gasteiger partial charge >= 0.3 is 0 Å². The first kappa shape index (κ1) is 23.1. The van der Waals surface area contributed by atoms with Gasteiger partial charge in [-0.1, -0.05) is 32.0 Å². The highest BCUT2D eigenvalue weighted by Crippen LogP contribution is 2.29. The molecule has 0 bridgehead atoms. The Balaban J connectivity index is 1.60. The molecular weight excluding hydrogens is 410 g/mol. The lowest BCUT2D eigenvalue weighted by Gasteiger charge is -2.18. The molecule has 170 valence electrons. The first-order valence-corrected chi connectivity index (χ1v) is 10.5. The van der Waals surface area contributed by atoms with Gasteiger partial charge in [-0.25, -0.2) is 0 Å². The topological polar surface area (TPSA) is 111 Å². The van der Waals surface area contributed by atoms with Crippen molar-refractivity contribution < 1.29 is 23.9 Å². The van der Waals surface area contributed by atoms with E-state index in [1.165, 1.54) is 7.11 Å². The van der Waals surface area contributed by atoms with Crippen molar-refractivity contribution in [1.82, 2.24) is 5.32 Å². The summed E-state index contributed by atoms with van der Waals surface area (Å²) < 4.78 is 10.6. The van der Waals surface area contributed by atoms with E-state index in [4.69, 9.17) is 15.2 Å². The summed E-state index contributed by atoms with van der Waals surface area (Å²) in [5.74, 6) is -0.0362. The van der Waals surface area contributed by atoms with Crippen molar-refractivity contribution in [3.8, 4) is 11.5 Å². The molecule has 8 heteroatoms. The molecule has 1 fully saturated rings. The van der Waals surface area contributed by atoms with Crippen molar-refractivity contribution in [2.24, 2.45) is 11.7 Å². The smallest absolute Gasteiger partial charge is 0.255 e. The van der Waals surface area contributed by atoms with E-state index >= 15 is 0 Å². The van der Waals surface area contributed by atoms with Crippen LogP contribution in [0.25, 0.3) is 0 Å². The van der Waals surface area contributed by atoms with Crippen LogP contribution in [0.2, 0.25) is 0 Å². The SMILES string of the molecule is COc1cc(CNC(=O)C2CC(=O)N(c3cccc(C(C)C)c3)C2)ccc1OCC(N)=O. The van der Waals surface area contributed by atoms with Crippen molar-refractivity contribution in [3.63, 3.8) is 0 Å². The highest BCUT2D eigenvalue weighted by atomic mass is 16.5. The Labute approximate surface area is 187 Å². The molecule has 0 aliphatic carbocycles. The molecule has 1 atom stereocenters. The minimum Gasteiger partial charge on any atom is -0.493 e. The van der Waals surface area contributed by atoms with E-state index in [9.17, 15) is 14.4 Å². The minimum absolute atomic E-state index is 0.0522. The van der Waals surface area contributed by atoms with Gasteiger partial charge < -0.3 is 25.4 Å². The number of methoxy groups -OCH3 is 1. The van der Waals surface area contributed by atoms with Crippen LogP contribution in [0.5, 0.6) is 11.5 Å². The third-order valence-corrected chi connectivity index (χ3v) is 5.41. The normalized spacial score (nSPS) is 15.7. The molecule has 3 N–H and O–H groups in total. The fourth-order valence-corrected chi connectivity index (χ4v) is 3.61. The van der Waals surface area contributed by atoms with Gasteiger partial charge in [-0.3, -0.25) is 14.4 Å². The van der Waals surface area contributed by atoms with Gasteiger partial charge in [0.1, 0.15) is 0 Å². The number of amides is 3. The average molecular weight is 440 g/mol. The molecule has 1 unspecified atom stereocenters. The molecule has 2 aromatic rings. The first-order valence-electron chi connectivity index (χ1n) is 10.5. The number of nitrogens with zero attached hydrogens (tertiary/aromatic N) is 1. The predicted octanol–water partition coefficient (Wildman–Crippen LogP) is 2.35. The van der Waals surface area contributed by atoms with E-state index in [1.807, 2.05) is 24.3 Å². The maximum Gasteiger partial charge on any atom is 0.255 e. The third kappa shape index (κ3) is 5.57. The van der Waals surface area contributed by atoms with Crippen molar-refractivity contribution >= 4 is 23.4 Å². The zero-order valence-electron chi connectivity index (χ0n) is 18.6. The minimum atomic E-state index is -0.584. The number of nitrogens with one attached hydrogen (secondary N) is 1. The number of hydrogen-bond donors (Lipinski definition) is 2. The lowest BCUT2D eigenvalue weighted by molar-refractivity contribution is -0.126. The van der Waals surface area contributed by atoms with E-state index in [0.717, 1.165) is 16.8 Å². The molecule has 0 saturated carbocycles. The summed E-state index contributed by atoms with van der Waals surface area (Å²) in [4.78, 5) is 37.9. The maximum absolute atomic E-state index is 12.7. The van der Waals surface area contributed by atoms with Crippen molar-refractivity contribution in [1.29, 1.82) is 0 Å². The Morgan fingerprint density at radius 1 is 1.19 bits per heavy atom. The number of anilines is 1. The molecule has 3 amide bonds. The molecule has 0 radical (unpaired) electrons. The molecule has 1 heterocycles. The molecule has 32 heavy (non-hydrogen) atoms. The van der Waals surface area contributed by atoms with Crippen LogP contribution in [-0.4, -0.2) is 38.0 Å². The molecular formula is C24H29N3O5. The average Bonchev–Trinajstić information content (AvgIpc) is 3.17. The Bertz CT molecular complexity index is 1000. The Morgan fingerprint density at radius 2 is 1.97 bits per heavy atom. The number of benzene rings is 2. The molecule has 0 aromatic heterocycles. The van der Waals surface area contributed by atoms with E-state index in [2.05, 4.69) is 19.2 Å². The van der Waals surface area contributed by atoms with Crippen molar-refractivity contribution in [2.45, 2.75) is 32.7 Å². The highest BCUT2D eigenvalue weighted by Gasteiger charge is 2.35. The number of ether oxygens (including phenoxy) is 2. The lowest BCUT2D eigenvalue weighted by Crippen LogP contribution is -2.32. The number of rotatable bonds is 9. The summed E-state index contributed by atoms with van der Waals surface area (Å²) in [6, 6.07) is 13.0. The van der Waals surface area contributed by atoms with E-state index in [0.29, 0.717) is 24.0 Å². The summed E-state index contributed by atoms with van der Waals surface area (Å²) in [6.45, 7) is 4.59. The molecule has 1 aliphatic rings. The van der Waals surface area contributed by atoms with E-state index in [-0.39, 0.29) is 31.4 Å². The number of hydrogen-bond acceptors (Lipinski definition) is 5. The molecule has 2 aromatic carbocycles. The zero-order chi connectivity index (χ0) is 23.3. The van der Waals surface area contributed by atoms with Crippen LogP contribution < -0.4 is 25.4 Å². The summed E-state index contributed by atoms with van der Waals surface area (Å²) in [6.07, 6.45) is 0.182. The van der Waals surface area contributed by atoms with Gasteiger partial charge in [0.05, 0.1) is 13.0 Å². The maximum atomic E-state index is 12.7. The number of nitrogens with two attached hydrogens (primary N) is 1. The summed E-state index contributed by atoms with van der Waals surface area (Å²) >= 11 is 0. The van der Waals surface area contributed by atoms with Crippen LogP contribution >= 0.6 is 0 Å². The van der Waals surface area contributed by atoms with E-state index < -0.39 is 11.8 Å². The fraction of sp³-hybridized carbons (Fsp3) is 0.375. The van der Waals surface area contributed by atoms with Crippen LogP contribution in [-0.2, 0) is 20.9 Å². The van der Waals surface area contributed by atoms with Gasteiger partial charge in [0.2, 0.25) is 11.8 Å². The highest BCUT2D eigenvalue weighted by molar-refractivity contribution is 6.00.